The number of nitrogens with one attached hydrogen (secondary N) is 1. The Balaban J connectivity index is 1.43. The van der Waals surface area contributed by atoms with Crippen LogP contribution >= 0.6 is 0 Å². The van der Waals surface area contributed by atoms with Gasteiger partial charge in [-0.15, -0.1) is 0 Å². The normalized spacial score (nSPS) is 17.3. The number of hydrogen-bond donors (Lipinski definition) is 1. The molecule has 1 aliphatic heterocycles. The van der Waals surface area contributed by atoms with Crippen molar-refractivity contribution in [2.75, 3.05) is 37.9 Å². The van der Waals surface area contributed by atoms with Crippen molar-refractivity contribution in [1.82, 2.24) is 19.8 Å². The smallest absolute Gasteiger partial charge is 0.328 e. The van der Waals surface area contributed by atoms with E-state index in [0.29, 0.717) is 29.1 Å². The number of likely N-dealkylation sites (N-methyl/N-ethyl adjacent to an activating group) is 2. The molecule has 1 saturated heterocycles. The van der Waals surface area contributed by atoms with E-state index in [-0.39, 0.29) is 30.0 Å². The molecule has 2 aromatic heterocycles. The van der Waals surface area contributed by atoms with E-state index in [1.807, 2.05) is 11.9 Å². The number of carbonyl (C=O) groups excluding carboxylic acids is 3. The van der Waals surface area contributed by atoms with Crippen LogP contribution in [0.1, 0.15) is 52.9 Å². The Morgan fingerprint density at radius 1 is 1.25 bits per heavy atom. The second kappa shape index (κ2) is 10.8. The van der Waals surface area contributed by atoms with Gasteiger partial charge in [-0.25, -0.2) is 14.8 Å². The summed E-state index contributed by atoms with van der Waals surface area (Å²) in [5, 5.41) is 12.1. The minimum atomic E-state index is -0.474. The third kappa shape index (κ3) is 5.69. The topological polar surface area (TPSA) is 123 Å². The third-order valence-electron chi connectivity index (χ3n) is 6.90. The number of pyridine rings is 2. The number of urea groups is 1. The van der Waals surface area contributed by atoms with Crippen molar-refractivity contribution in [1.29, 1.82) is 5.26 Å². The van der Waals surface area contributed by atoms with Gasteiger partial charge >= 0.3 is 6.03 Å². The van der Waals surface area contributed by atoms with Gasteiger partial charge in [0.1, 0.15) is 23.4 Å². The van der Waals surface area contributed by atoms with E-state index in [1.165, 1.54) is 11.1 Å². The molecule has 1 unspecified atom stereocenters. The molecular weight excluding hydrogens is 458 g/mol. The van der Waals surface area contributed by atoms with Crippen LogP contribution in [0.2, 0.25) is 0 Å². The van der Waals surface area contributed by atoms with Crippen LogP contribution in [-0.2, 0) is 17.8 Å². The van der Waals surface area contributed by atoms with Crippen LogP contribution in [0.5, 0.6) is 0 Å². The van der Waals surface area contributed by atoms with Gasteiger partial charge in [0.15, 0.2) is 6.29 Å². The monoisotopic (exact) mass is 489 g/mol. The molecule has 1 aliphatic carbocycles. The fourth-order valence-electron chi connectivity index (χ4n) is 4.49. The molecule has 1 saturated carbocycles. The first-order valence-electron chi connectivity index (χ1n) is 12.1. The SMILES string of the molecule is CN(Cc1ccc(N(C)C(=O)Nc2cc(CC3CC3)c(C#N)cn2)nc1C=O)C(=O)C1CCCN1C. The molecule has 4 rings (SSSR count). The zero-order valence-electron chi connectivity index (χ0n) is 20.9. The van der Waals surface area contributed by atoms with Crippen molar-refractivity contribution >= 4 is 29.9 Å². The summed E-state index contributed by atoms with van der Waals surface area (Å²) in [4.78, 5) is 51.0. The maximum atomic E-state index is 12.9. The number of carbonyl (C=O) groups is 3. The highest BCUT2D eigenvalue weighted by molar-refractivity contribution is 6.00. The van der Waals surface area contributed by atoms with Crippen molar-refractivity contribution in [3.8, 4) is 6.07 Å². The van der Waals surface area contributed by atoms with E-state index < -0.39 is 6.03 Å². The average molecular weight is 490 g/mol. The van der Waals surface area contributed by atoms with Gasteiger partial charge < -0.3 is 4.90 Å². The highest BCUT2D eigenvalue weighted by Crippen LogP contribution is 2.33. The summed E-state index contributed by atoms with van der Waals surface area (Å²) in [7, 11) is 5.21. The van der Waals surface area contributed by atoms with Gasteiger partial charge in [-0.2, -0.15) is 5.26 Å². The minimum Gasteiger partial charge on any atom is -0.340 e. The lowest BCUT2D eigenvalue weighted by Gasteiger charge is -2.26. The lowest BCUT2D eigenvalue weighted by Crippen LogP contribution is -2.42. The molecule has 188 valence electrons. The fourth-order valence-corrected chi connectivity index (χ4v) is 4.49. The first-order valence-corrected chi connectivity index (χ1v) is 12.1. The summed E-state index contributed by atoms with van der Waals surface area (Å²) in [5.41, 5.74) is 2.18. The number of aromatic nitrogens is 2. The van der Waals surface area contributed by atoms with Crippen molar-refractivity contribution in [2.24, 2.45) is 5.92 Å². The quantitative estimate of drug-likeness (QED) is 0.566. The average Bonchev–Trinajstić information content (AvgIpc) is 3.59. The van der Waals surface area contributed by atoms with Crippen LogP contribution in [-0.4, -0.2) is 71.7 Å². The van der Waals surface area contributed by atoms with Crippen molar-refractivity contribution in [2.45, 2.75) is 44.7 Å². The molecule has 36 heavy (non-hydrogen) atoms. The van der Waals surface area contributed by atoms with E-state index in [4.69, 9.17) is 0 Å². The van der Waals surface area contributed by atoms with E-state index >= 15 is 0 Å². The number of nitrogens with zero attached hydrogens (tertiary/aromatic N) is 6. The summed E-state index contributed by atoms with van der Waals surface area (Å²) in [5.74, 6) is 1.24. The minimum absolute atomic E-state index is 0.0170. The Morgan fingerprint density at radius 3 is 2.67 bits per heavy atom. The highest BCUT2D eigenvalue weighted by atomic mass is 16.2. The second-order valence-corrected chi connectivity index (χ2v) is 9.64. The standard InChI is InChI=1S/C26H31N7O3/c1-31-10-4-5-22(31)25(35)32(2)15-18-8-9-24(29-21(18)16-34)33(3)26(36)30-23-12-19(11-17-6-7-17)20(13-27)14-28-23/h8-9,12,14,16-17,22H,4-7,10-11,15H2,1-3H3,(H,28,30,36). The van der Waals surface area contributed by atoms with Crippen molar-refractivity contribution in [3.05, 3.63) is 46.8 Å². The number of likely N-dealkylation sites (tertiary alicyclic amines) is 1. The van der Waals surface area contributed by atoms with Gasteiger partial charge in [0.25, 0.3) is 0 Å². The molecule has 3 heterocycles. The summed E-state index contributed by atoms with van der Waals surface area (Å²) in [6.45, 7) is 1.15. The number of amides is 3. The van der Waals surface area contributed by atoms with Gasteiger partial charge in [0.05, 0.1) is 11.6 Å². The molecule has 0 radical (unpaired) electrons. The van der Waals surface area contributed by atoms with Crippen molar-refractivity contribution in [3.63, 3.8) is 0 Å². The van der Waals surface area contributed by atoms with Crippen molar-refractivity contribution < 1.29 is 14.4 Å². The van der Waals surface area contributed by atoms with Gasteiger partial charge in [-0.1, -0.05) is 6.07 Å². The molecule has 0 aromatic carbocycles. The molecule has 2 aromatic rings. The largest absolute Gasteiger partial charge is 0.340 e. The summed E-state index contributed by atoms with van der Waals surface area (Å²) in [6.07, 6.45) is 7.03. The Labute approximate surface area is 210 Å². The summed E-state index contributed by atoms with van der Waals surface area (Å²) >= 11 is 0. The van der Waals surface area contributed by atoms with Gasteiger partial charge in [-0.05, 0) is 69.3 Å². The zero-order chi connectivity index (χ0) is 25.8. The number of aldehydes is 1. The Bertz CT molecular complexity index is 1200. The Kier molecular flexibility index (Phi) is 7.60. The Morgan fingerprint density at radius 2 is 2.03 bits per heavy atom. The number of rotatable bonds is 8. The Hall–Kier alpha value is -3.84. The van der Waals surface area contributed by atoms with Crippen LogP contribution in [0, 0.1) is 17.2 Å². The van der Waals surface area contributed by atoms with Gasteiger partial charge in [0.2, 0.25) is 5.91 Å². The molecule has 3 amide bonds. The summed E-state index contributed by atoms with van der Waals surface area (Å²) in [6, 6.07) is 6.64. The summed E-state index contributed by atoms with van der Waals surface area (Å²) < 4.78 is 0. The highest BCUT2D eigenvalue weighted by Gasteiger charge is 2.30. The maximum Gasteiger partial charge on any atom is 0.328 e. The number of anilines is 2. The van der Waals surface area contributed by atoms with E-state index in [2.05, 4.69) is 21.4 Å². The molecule has 0 bridgehead atoms. The predicted octanol–water partition coefficient (Wildman–Crippen LogP) is 2.83. The van der Waals surface area contributed by atoms with E-state index in [1.54, 1.807) is 37.2 Å². The van der Waals surface area contributed by atoms with Crippen LogP contribution in [0.4, 0.5) is 16.4 Å². The molecular formula is C26H31N7O3. The zero-order valence-corrected chi connectivity index (χ0v) is 20.9. The lowest BCUT2D eigenvalue weighted by molar-refractivity contribution is -0.134. The molecule has 1 N–H and O–H groups in total. The molecule has 10 nitrogen and oxygen atoms in total. The third-order valence-corrected chi connectivity index (χ3v) is 6.90. The molecule has 1 atom stereocenters. The van der Waals surface area contributed by atoms with Crippen LogP contribution < -0.4 is 10.2 Å². The van der Waals surface area contributed by atoms with Crippen LogP contribution in [0.15, 0.2) is 24.4 Å². The van der Waals surface area contributed by atoms with Crippen LogP contribution in [0.25, 0.3) is 0 Å². The molecule has 10 heteroatoms. The second-order valence-electron chi connectivity index (χ2n) is 9.64. The first-order chi connectivity index (χ1) is 17.3. The van der Waals surface area contributed by atoms with E-state index in [9.17, 15) is 19.6 Å². The first kappa shape index (κ1) is 25.3. The molecule has 2 fully saturated rings. The fraction of sp³-hybridized carbons (Fsp3) is 0.462. The maximum absolute atomic E-state index is 12.9. The molecule has 0 spiro atoms. The lowest BCUT2D eigenvalue weighted by atomic mass is 10.1. The molecule has 2 aliphatic rings. The number of nitriles is 1. The predicted molar refractivity (Wildman–Crippen MR) is 135 cm³/mol. The van der Waals surface area contributed by atoms with Gasteiger partial charge in [0, 0.05) is 32.4 Å². The van der Waals surface area contributed by atoms with E-state index in [0.717, 1.165) is 44.2 Å². The number of hydrogen-bond acceptors (Lipinski definition) is 7. The van der Waals surface area contributed by atoms with Gasteiger partial charge in [-0.3, -0.25) is 24.7 Å². The van der Waals surface area contributed by atoms with Crippen LogP contribution in [0.3, 0.4) is 0 Å².